The highest BCUT2D eigenvalue weighted by atomic mass is 32.2. The van der Waals surface area contributed by atoms with Crippen molar-refractivity contribution in [3.63, 3.8) is 0 Å². The van der Waals surface area contributed by atoms with E-state index >= 15 is 0 Å². The van der Waals surface area contributed by atoms with Gasteiger partial charge in [0.15, 0.2) is 4.34 Å². The number of rotatable bonds is 3. The molecule has 1 atom stereocenters. The molecular formula is C17H11FN2O2S2. The van der Waals surface area contributed by atoms with Gasteiger partial charge in [0, 0.05) is 6.42 Å². The number of halogens is 1. The number of benzene rings is 2. The second kappa shape index (κ2) is 5.99. The van der Waals surface area contributed by atoms with Gasteiger partial charge >= 0.3 is 0 Å². The molecule has 2 heterocycles. The average molecular weight is 358 g/mol. The Morgan fingerprint density at radius 2 is 1.88 bits per heavy atom. The third-order valence-corrected chi connectivity index (χ3v) is 6.02. The first kappa shape index (κ1) is 15.3. The van der Waals surface area contributed by atoms with Gasteiger partial charge in [-0.05, 0) is 36.4 Å². The van der Waals surface area contributed by atoms with E-state index in [1.807, 2.05) is 24.3 Å². The quantitative estimate of drug-likeness (QED) is 0.667. The van der Waals surface area contributed by atoms with Crippen molar-refractivity contribution >= 4 is 50.8 Å². The molecule has 1 saturated heterocycles. The molecule has 4 rings (SSSR count). The normalized spacial score (nSPS) is 17.9. The molecule has 3 aromatic rings. The van der Waals surface area contributed by atoms with Gasteiger partial charge in [-0.15, -0.1) is 11.3 Å². The zero-order valence-electron chi connectivity index (χ0n) is 12.3. The summed E-state index contributed by atoms with van der Waals surface area (Å²) in [7, 11) is 0. The maximum atomic E-state index is 13.0. The molecular weight excluding hydrogens is 347 g/mol. The Morgan fingerprint density at radius 1 is 1.12 bits per heavy atom. The molecule has 2 amide bonds. The lowest BCUT2D eigenvalue weighted by molar-refractivity contribution is -0.121. The van der Waals surface area contributed by atoms with Crippen molar-refractivity contribution in [3.05, 3.63) is 54.3 Å². The number of thiazole rings is 1. The van der Waals surface area contributed by atoms with Crippen molar-refractivity contribution in [2.24, 2.45) is 0 Å². The van der Waals surface area contributed by atoms with Crippen LogP contribution in [0.4, 0.5) is 10.1 Å². The fourth-order valence-electron chi connectivity index (χ4n) is 2.58. The minimum atomic E-state index is -0.497. The summed E-state index contributed by atoms with van der Waals surface area (Å²) in [5.74, 6) is -0.959. The average Bonchev–Trinajstić information content (AvgIpc) is 3.09. The molecule has 0 radical (unpaired) electrons. The van der Waals surface area contributed by atoms with E-state index in [4.69, 9.17) is 0 Å². The lowest BCUT2D eigenvalue weighted by Crippen LogP contribution is -2.31. The molecule has 0 unspecified atom stereocenters. The van der Waals surface area contributed by atoms with Gasteiger partial charge in [0.05, 0.1) is 15.9 Å². The Bertz CT molecular complexity index is 906. The molecule has 0 bridgehead atoms. The summed E-state index contributed by atoms with van der Waals surface area (Å²) in [4.78, 5) is 30.4. The number of carbonyl (C=O) groups is 2. The Kier molecular flexibility index (Phi) is 3.82. The molecule has 1 aliphatic heterocycles. The van der Waals surface area contributed by atoms with E-state index in [0.29, 0.717) is 5.69 Å². The van der Waals surface area contributed by atoms with Crippen LogP contribution in [0.3, 0.4) is 0 Å². The number of fused-ring (bicyclic) bond motifs is 1. The highest BCUT2D eigenvalue weighted by Crippen LogP contribution is 2.37. The van der Waals surface area contributed by atoms with Gasteiger partial charge in [-0.25, -0.2) is 14.3 Å². The number of carbonyl (C=O) groups excluding carboxylic acids is 2. The van der Waals surface area contributed by atoms with E-state index in [1.54, 1.807) is 0 Å². The fraction of sp³-hybridized carbons (Fsp3) is 0.118. The van der Waals surface area contributed by atoms with Gasteiger partial charge in [-0.3, -0.25) is 9.59 Å². The van der Waals surface area contributed by atoms with Gasteiger partial charge in [0.25, 0.3) is 0 Å². The topological polar surface area (TPSA) is 50.3 Å². The van der Waals surface area contributed by atoms with Gasteiger partial charge in [0.1, 0.15) is 11.1 Å². The SMILES string of the molecule is O=C1C[C@@H](Sc2nc3ccccc3s2)C(=O)N1c1ccc(F)cc1. The third kappa shape index (κ3) is 2.70. The number of para-hydroxylation sites is 1. The van der Waals surface area contributed by atoms with Crippen LogP contribution >= 0.6 is 23.1 Å². The lowest BCUT2D eigenvalue weighted by Gasteiger charge is -2.14. The van der Waals surface area contributed by atoms with Gasteiger partial charge in [-0.1, -0.05) is 23.9 Å². The van der Waals surface area contributed by atoms with E-state index in [2.05, 4.69) is 4.98 Å². The minimum Gasteiger partial charge on any atom is -0.274 e. The Hall–Kier alpha value is -2.25. The van der Waals surface area contributed by atoms with E-state index in [9.17, 15) is 14.0 Å². The number of hydrogen-bond acceptors (Lipinski definition) is 5. The van der Waals surface area contributed by atoms with Crippen LogP contribution in [0.5, 0.6) is 0 Å². The summed E-state index contributed by atoms with van der Waals surface area (Å²) in [6.07, 6.45) is 0.122. The standard InChI is InChI=1S/C17H11FN2O2S2/c18-10-5-7-11(8-6-10)20-15(21)9-14(16(20)22)24-17-19-12-3-1-2-4-13(12)23-17/h1-8,14H,9H2/t14-/m1/s1. The molecule has 0 aliphatic carbocycles. The van der Waals surface area contributed by atoms with E-state index < -0.39 is 11.1 Å². The van der Waals surface area contributed by atoms with E-state index in [1.165, 1.54) is 47.4 Å². The molecule has 0 saturated carbocycles. The Morgan fingerprint density at radius 3 is 2.62 bits per heavy atom. The second-order valence-electron chi connectivity index (χ2n) is 5.30. The van der Waals surface area contributed by atoms with Crippen molar-refractivity contribution in [2.75, 3.05) is 4.90 Å². The number of anilines is 1. The predicted molar refractivity (Wildman–Crippen MR) is 92.8 cm³/mol. The van der Waals surface area contributed by atoms with Crippen molar-refractivity contribution in [1.82, 2.24) is 4.98 Å². The zero-order valence-corrected chi connectivity index (χ0v) is 13.9. The largest absolute Gasteiger partial charge is 0.274 e. The summed E-state index contributed by atoms with van der Waals surface area (Å²) < 4.78 is 14.8. The van der Waals surface area contributed by atoms with Crippen LogP contribution in [0.2, 0.25) is 0 Å². The molecule has 120 valence electrons. The molecule has 4 nitrogen and oxygen atoms in total. The first-order valence-electron chi connectivity index (χ1n) is 7.26. The maximum absolute atomic E-state index is 13.0. The van der Waals surface area contributed by atoms with E-state index in [0.717, 1.165) is 19.5 Å². The first-order chi connectivity index (χ1) is 11.6. The van der Waals surface area contributed by atoms with Crippen LogP contribution in [0.25, 0.3) is 10.2 Å². The number of nitrogens with zero attached hydrogens (tertiary/aromatic N) is 2. The summed E-state index contributed by atoms with van der Waals surface area (Å²) >= 11 is 2.82. The van der Waals surface area contributed by atoms with Crippen LogP contribution in [-0.4, -0.2) is 22.0 Å². The van der Waals surface area contributed by atoms with Gasteiger partial charge in [-0.2, -0.15) is 0 Å². The summed E-state index contributed by atoms with van der Waals surface area (Å²) in [5.41, 5.74) is 1.29. The first-order valence-corrected chi connectivity index (χ1v) is 8.96. The monoisotopic (exact) mass is 358 g/mol. The van der Waals surface area contributed by atoms with Crippen molar-refractivity contribution < 1.29 is 14.0 Å². The van der Waals surface area contributed by atoms with Crippen LogP contribution in [0.1, 0.15) is 6.42 Å². The molecule has 1 aliphatic rings. The number of thioether (sulfide) groups is 1. The van der Waals surface area contributed by atoms with E-state index in [-0.39, 0.29) is 18.2 Å². The van der Waals surface area contributed by atoms with Gasteiger partial charge in [0.2, 0.25) is 11.8 Å². The Labute approximate surface area is 145 Å². The number of aromatic nitrogens is 1. The smallest absolute Gasteiger partial charge is 0.247 e. The van der Waals surface area contributed by atoms with Crippen molar-refractivity contribution in [1.29, 1.82) is 0 Å². The molecule has 24 heavy (non-hydrogen) atoms. The van der Waals surface area contributed by atoms with Crippen LogP contribution < -0.4 is 4.90 Å². The summed E-state index contributed by atoms with van der Waals surface area (Å²) in [6, 6.07) is 13.1. The van der Waals surface area contributed by atoms with Crippen LogP contribution in [0.15, 0.2) is 52.9 Å². The molecule has 1 fully saturated rings. The molecule has 7 heteroatoms. The van der Waals surface area contributed by atoms with Crippen molar-refractivity contribution in [3.8, 4) is 0 Å². The highest BCUT2D eigenvalue weighted by Gasteiger charge is 2.40. The molecule has 1 aromatic heterocycles. The summed E-state index contributed by atoms with van der Waals surface area (Å²) in [5, 5.41) is -0.497. The zero-order chi connectivity index (χ0) is 16.7. The lowest BCUT2D eigenvalue weighted by atomic mass is 10.3. The number of amides is 2. The predicted octanol–water partition coefficient (Wildman–Crippen LogP) is 3.86. The third-order valence-electron chi connectivity index (χ3n) is 3.71. The van der Waals surface area contributed by atoms with Crippen molar-refractivity contribution in [2.45, 2.75) is 16.0 Å². The fourth-order valence-corrected chi connectivity index (χ4v) is 4.91. The Balaban J connectivity index is 1.57. The summed E-state index contributed by atoms with van der Waals surface area (Å²) in [6.45, 7) is 0. The van der Waals surface area contributed by atoms with Gasteiger partial charge < -0.3 is 0 Å². The molecule has 0 N–H and O–H groups in total. The molecule has 0 spiro atoms. The second-order valence-corrected chi connectivity index (χ2v) is 7.78. The minimum absolute atomic E-state index is 0.122. The number of hydrogen-bond donors (Lipinski definition) is 0. The van der Waals surface area contributed by atoms with Crippen LogP contribution in [0, 0.1) is 5.82 Å². The highest BCUT2D eigenvalue weighted by molar-refractivity contribution is 8.02. The van der Waals surface area contributed by atoms with Crippen LogP contribution in [-0.2, 0) is 9.59 Å². The maximum Gasteiger partial charge on any atom is 0.247 e. The number of imide groups is 1. The molecule has 2 aromatic carbocycles.